The highest BCUT2D eigenvalue weighted by molar-refractivity contribution is 6.30. The number of carbonyl (C=O) groups excluding carboxylic acids is 2. The highest BCUT2D eigenvalue weighted by atomic mass is 35.5. The first-order valence-electron chi connectivity index (χ1n) is 13.4. The second-order valence-electron chi connectivity index (χ2n) is 10.9. The van der Waals surface area contributed by atoms with Crippen LogP contribution >= 0.6 is 11.6 Å². The number of methoxy groups -OCH3 is 1. The summed E-state index contributed by atoms with van der Waals surface area (Å²) in [7, 11) is 1.57. The molecule has 1 aliphatic heterocycles. The van der Waals surface area contributed by atoms with Crippen LogP contribution in [0.15, 0.2) is 66.7 Å². The molecule has 0 saturated carbocycles. The van der Waals surface area contributed by atoms with Crippen LogP contribution in [0.25, 0.3) is 0 Å². The number of hydrogen-bond acceptors (Lipinski definition) is 6. The van der Waals surface area contributed by atoms with Crippen LogP contribution in [0.1, 0.15) is 56.9 Å². The smallest absolute Gasteiger partial charge is 0.308 e. The fraction of sp³-hybridized carbons (Fsp3) is 0.375. The van der Waals surface area contributed by atoms with Gasteiger partial charge in [0.15, 0.2) is 0 Å². The predicted molar refractivity (Wildman–Crippen MR) is 155 cm³/mol. The Morgan fingerprint density at radius 3 is 2.45 bits per heavy atom. The number of hydrogen-bond donors (Lipinski definition) is 0. The van der Waals surface area contributed by atoms with Crippen molar-refractivity contribution in [1.29, 1.82) is 0 Å². The van der Waals surface area contributed by atoms with Gasteiger partial charge < -0.3 is 23.8 Å². The maximum Gasteiger partial charge on any atom is 0.308 e. The average molecular weight is 566 g/mol. The van der Waals surface area contributed by atoms with Crippen molar-refractivity contribution in [1.82, 2.24) is 0 Å². The molecule has 7 nitrogen and oxygen atoms in total. The number of fused-ring (bicyclic) bond motifs is 1. The number of anilines is 1. The van der Waals surface area contributed by atoms with E-state index in [1.54, 1.807) is 37.1 Å². The molecular formula is C32H36ClNO6. The fourth-order valence-electron chi connectivity index (χ4n) is 4.69. The minimum Gasteiger partial charge on any atom is -0.496 e. The van der Waals surface area contributed by atoms with E-state index in [4.69, 9.17) is 30.5 Å². The van der Waals surface area contributed by atoms with Gasteiger partial charge in [-0.25, -0.2) is 0 Å². The summed E-state index contributed by atoms with van der Waals surface area (Å²) in [5.41, 5.74) is 2.87. The Morgan fingerprint density at radius 1 is 1.02 bits per heavy atom. The van der Waals surface area contributed by atoms with Crippen molar-refractivity contribution >= 4 is 29.2 Å². The first kappa shape index (κ1) is 29.4. The van der Waals surface area contributed by atoms with Crippen molar-refractivity contribution in [3.63, 3.8) is 0 Å². The number of rotatable bonds is 9. The minimum atomic E-state index is -1.07. The van der Waals surface area contributed by atoms with E-state index in [2.05, 4.69) is 20.8 Å². The minimum absolute atomic E-state index is 0.211. The lowest BCUT2D eigenvalue weighted by atomic mass is 9.94. The van der Waals surface area contributed by atoms with E-state index in [0.717, 1.165) is 5.56 Å². The molecule has 1 amide bonds. The molecule has 2 atom stereocenters. The molecule has 0 bridgehead atoms. The van der Waals surface area contributed by atoms with Gasteiger partial charge in [0.2, 0.25) is 0 Å². The molecule has 0 radical (unpaired) electrons. The van der Waals surface area contributed by atoms with Crippen molar-refractivity contribution in [3.05, 3.63) is 88.4 Å². The molecule has 1 aliphatic rings. The van der Waals surface area contributed by atoms with E-state index in [-0.39, 0.29) is 24.3 Å². The Hall–Kier alpha value is -3.55. The summed E-state index contributed by atoms with van der Waals surface area (Å²) in [5, 5.41) is 0.501. The summed E-state index contributed by atoms with van der Waals surface area (Å²) in [6.07, 6.45) is -2.04. The average Bonchev–Trinajstić information content (AvgIpc) is 3.02. The monoisotopic (exact) mass is 565 g/mol. The van der Waals surface area contributed by atoms with Gasteiger partial charge in [-0.05, 0) is 48.2 Å². The lowest BCUT2D eigenvalue weighted by molar-refractivity contribution is -0.151. The number of amides is 1. The zero-order valence-electron chi connectivity index (χ0n) is 23.6. The van der Waals surface area contributed by atoms with Gasteiger partial charge in [0, 0.05) is 34.4 Å². The maximum atomic E-state index is 13.9. The molecule has 40 heavy (non-hydrogen) atoms. The number of halogens is 1. The molecular weight excluding hydrogens is 530 g/mol. The van der Waals surface area contributed by atoms with Gasteiger partial charge in [-0.3, -0.25) is 9.59 Å². The highest BCUT2D eigenvalue weighted by Gasteiger charge is 2.40. The molecule has 0 aromatic heterocycles. The lowest BCUT2D eigenvalue weighted by Crippen LogP contribution is -2.44. The summed E-state index contributed by atoms with van der Waals surface area (Å²) in [6.45, 7) is 8.91. The van der Waals surface area contributed by atoms with Crippen LogP contribution in [0.5, 0.6) is 11.5 Å². The van der Waals surface area contributed by atoms with Crippen molar-refractivity contribution in [3.8, 4) is 11.5 Å². The number of nitrogens with zero attached hydrogens (tertiary/aromatic N) is 1. The van der Waals surface area contributed by atoms with E-state index >= 15 is 0 Å². The third kappa shape index (κ3) is 7.14. The van der Waals surface area contributed by atoms with E-state index in [1.165, 1.54) is 0 Å². The summed E-state index contributed by atoms with van der Waals surface area (Å²) in [5.74, 6) is 0.331. The predicted octanol–water partition coefficient (Wildman–Crippen LogP) is 6.75. The number of carbonyl (C=O) groups is 2. The molecule has 1 heterocycles. The zero-order chi connectivity index (χ0) is 28.9. The van der Waals surface area contributed by atoms with Gasteiger partial charge >= 0.3 is 5.97 Å². The molecule has 4 rings (SSSR count). The van der Waals surface area contributed by atoms with E-state index in [1.807, 2.05) is 48.5 Å². The summed E-state index contributed by atoms with van der Waals surface area (Å²) < 4.78 is 23.5. The molecule has 212 valence electrons. The quantitative estimate of drug-likeness (QED) is 0.267. The molecule has 3 aromatic rings. The van der Waals surface area contributed by atoms with Crippen molar-refractivity contribution in [2.24, 2.45) is 5.41 Å². The van der Waals surface area contributed by atoms with Gasteiger partial charge in [0.1, 0.15) is 30.3 Å². The van der Waals surface area contributed by atoms with Gasteiger partial charge in [-0.1, -0.05) is 62.7 Å². The normalized spacial score (nSPS) is 17.1. The maximum absolute atomic E-state index is 13.9. The first-order valence-corrected chi connectivity index (χ1v) is 13.7. The topological polar surface area (TPSA) is 74.3 Å². The van der Waals surface area contributed by atoms with Crippen LogP contribution in [0.3, 0.4) is 0 Å². The van der Waals surface area contributed by atoms with Crippen molar-refractivity contribution < 1.29 is 28.5 Å². The number of esters is 1. The van der Waals surface area contributed by atoms with Gasteiger partial charge in [0.25, 0.3) is 5.91 Å². The van der Waals surface area contributed by atoms with Crippen LogP contribution in [-0.2, 0) is 25.7 Å². The summed E-state index contributed by atoms with van der Waals surface area (Å²) in [6, 6.07) is 20.8. The molecule has 0 aliphatic carbocycles. The number of benzene rings is 3. The molecule has 0 saturated heterocycles. The van der Waals surface area contributed by atoms with Gasteiger partial charge in [-0.2, -0.15) is 0 Å². The Balaban J connectivity index is 1.77. The van der Waals surface area contributed by atoms with E-state index < -0.39 is 18.2 Å². The Bertz CT molecular complexity index is 1340. The molecule has 0 N–H and O–H groups in total. The van der Waals surface area contributed by atoms with Crippen LogP contribution in [0, 0.1) is 5.41 Å². The van der Waals surface area contributed by atoms with Crippen LogP contribution in [0.4, 0.5) is 5.69 Å². The first-order chi connectivity index (χ1) is 19.1. The Labute approximate surface area is 240 Å². The molecule has 0 unspecified atom stereocenters. The standard InChI is InChI=1S/C32H36ClNO6/c1-6-38-29(35)18-28-31(36)34(20-32(2,3)4)26-15-12-22(33)16-25(26)30(40-28)24-14-13-23(17-27(24)37-5)39-19-21-10-8-7-9-11-21/h7-17,28,30H,6,18-20H2,1-5H3/t28-,30-/m0/s1. The van der Waals surface area contributed by atoms with Crippen LogP contribution in [-0.4, -0.2) is 38.2 Å². The van der Waals surface area contributed by atoms with Crippen LogP contribution < -0.4 is 14.4 Å². The van der Waals surface area contributed by atoms with E-state index in [0.29, 0.717) is 46.5 Å². The van der Waals surface area contributed by atoms with Crippen LogP contribution in [0.2, 0.25) is 5.02 Å². The second-order valence-corrected chi connectivity index (χ2v) is 11.3. The largest absolute Gasteiger partial charge is 0.496 e. The van der Waals surface area contributed by atoms with Crippen molar-refractivity contribution in [2.75, 3.05) is 25.2 Å². The molecule has 3 aromatic carbocycles. The third-order valence-corrected chi connectivity index (χ3v) is 6.67. The molecule has 0 spiro atoms. The van der Waals surface area contributed by atoms with Gasteiger partial charge in [0.05, 0.1) is 20.1 Å². The number of ether oxygens (including phenoxy) is 4. The fourth-order valence-corrected chi connectivity index (χ4v) is 4.87. The van der Waals surface area contributed by atoms with Crippen molar-refractivity contribution in [2.45, 2.75) is 52.9 Å². The Morgan fingerprint density at radius 2 is 1.77 bits per heavy atom. The second kappa shape index (κ2) is 12.7. The summed E-state index contributed by atoms with van der Waals surface area (Å²) >= 11 is 6.48. The third-order valence-electron chi connectivity index (χ3n) is 6.43. The summed E-state index contributed by atoms with van der Waals surface area (Å²) in [4.78, 5) is 28.2. The Kier molecular flexibility index (Phi) is 9.38. The zero-order valence-corrected chi connectivity index (χ0v) is 24.4. The highest BCUT2D eigenvalue weighted by Crippen LogP contribution is 2.44. The van der Waals surface area contributed by atoms with Gasteiger partial charge in [-0.15, -0.1) is 0 Å². The van der Waals surface area contributed by atoms with E-state index in [9.17, 15) is 9.59 Å². The molecule has 8 heteroatoms. The lowest BCUT2D eigenvalue weighted by Gasteiger charge is -2.31. The SMILES string of the molecule is CCOC(=O)C[C@@H]1O[C@@H](c2ccc(OCc3ccccc3)cc2OC)c2cc(Cl)ccc2N(CC(C)(C)C)C1=O. The molecule has 0 fully saturated rings.